The van der Waals surface area contributed by atoms with Gasteiger partial charge in [-0.1, -0.05) is 0 Å². The van der Waals surface area contributed by atoms with E-state index in [4.69, 9.17) is 10.5 Å². The molecule has 0 unspecified atom stereocenters. The van der Waals surface area contributed by atoms with E-state index in [1.54, 1.807) is 21.0 Å². The number of unbranched alkanes of at least 4 members (excludes halogenated alkanes) is 1. The first-order valence-corrected chi connectivity index (χ1v) is 7.78. The number of ether oxygens (including phenoxy) is 1. The predicted molar refractivity (Wildman–Crippen MR) is 90.0 cm³/mol. The van der Waals surface area contributed by atoms with Gasteiger partial charge < -0.3 is 20.1 Å². The van der Waals surface area contributed by atoms with Crippen molar-refractivity contribution in [2.24, 2.45) is 0 Å². The van der Waals surface area contributed by atoms with Gasteiger partial charge in [-0.3, -0.25) is 0 Å². The Morgan fingerprint density at radius 1 is 1.32 bits per heavy atom. The lowest BCUT2D eigenvalue weighted by molar-refractivity contribution is 0.0633. The second kappa shape index (κ2) is 6.67. The number of nitrogens with zero attached hydrogens (tertiary/aromatic N) is 2. The van der Waals surface area contributed by atoms with Crippen LogP contribution in [0.4, 0.5) is 5.95 Å². The van der Waals surface area contributed by atoms with Crippen molar-refractivity contribution in [3.63, 3.8) is 0 Å². The molecule has 5 nitrogen and oxygen atoms in total. The molecule has 2 rings (SSSR count). The first-order valence-electron chi connectivity index (χ1n) is 7.78. The van der Waals surface area contributed by atoms with Crippen LogP contribution >= 0.6 is 0 Å². The van der Waals surface area contributed by atoms with Crippen molar-refractivity contribution in [1.29, 1.82) is 0 Å². The molecule has 0 bridgehead atoms. The fourth-order valence-electron chi connectivity index (χ4n) is 2.72. The molecule has 0 saturated carbocycles. The van der Waals surface area contributed by atoms with E-state index in [9.17, 15) is 5.11 Å². The van der Waals surface area contributed by atoms with E-state index in [2.05, 4.69) is 24.0 Å². The Labute approximate surface area is 132 Å². The van der Waals surface area contributed by atoms with Crippen LogP contribution in [0.1, 0.15) is 37.8 Å². The van der Waals surface area contributed by atoms with Crippen molar-refractivity contribution in [1.82, 2.24) is 9.55 Å². The van der Waals surface area contributed by atoms with E-state index >= 15 is 0 Å². The van der Waals surface area contributed by atoms with Crippen LogP contribution in [0.25, 0.3) is 11.0 Å². The van der Waals surface area contributed by atoms with Gasteiger partial charge in [0.15, 0.2) is 0 Å². The third kappa shape index (κ3) is 3.99. The van der Waals surface area contributed by atoms with Crippen LogP contribution < -0.4 is 5.73 Å². The summed E-state index contributed by atoms with van der Waals surface area (Å²) in [6.07, 6.45) is 3.17. The summed E-state index contributed by atoms with van der Waals surface area (Å²) >= 11 is 0. The smallest absolute Gasteiger partial charge is 0.201 e. The van der Waals surface area contributed by atoms with Gasteiger partial charge in [-0.15, -0.1) is 0 Å². The molecule has 0 aliphatic carbocycles. The molecule has 122 valence electrons. The molecule has 1 aromatic carbocycles. The summed E-state index contributed by atoms with van der Waals surface area (Å²) in [5.41, 5.74) is 9.62. The summed E-state index contributed by atoms with van der Waals surface area (Å²) in [6, 6.07) is 4.24. The fraction of sp³-hybridized carbons (Fsp3) is 0.588. The maximum atomic E-state index is 10.0. The highest BCUT2D eigenvalue weighted by molar-refractivity contribution is 5.80. The number of rotatable bonds is 7. The van der Waals surface area contributed by atoms with Gasteiger partial charge in [-0.2, -0.15) is 0 Å². The van der Waals surface area contributed by atoms with Gasteiger partial charge in [0.25, 0.3) is 0 Å². The average Bonchev–Trinajstić information content (AvgIpc) is 2.69. The molecule has 0 spiro atoms. The summed E-state index contributed by atoms with van der Waals surface area (Å²) < 4.78 is 6.98. The number of nitrogens with two attached hydrogens (primary N) is 1. The number of methoxy groups -OCH3 is 1. The summed E-state index contributed by atoms with van der Waals surface area (Å²) in [5.74, 6) is 0.452. The van der Waals surface area contributed by atoms with Crippen molar-refractivity contribution in [3.8, 4) is 0 Å². The lowest BCUT2D eigenvalue weighted by Gasteiger charge is -2.19. The van der Waals surface area contributed by atoms with Gasteiger partial charge in [-0.05, 0) is 63.3 Å². The minimum atomic E-state index is -0.825. The van der Waals surface area contributed by atoms with Crippen LogP contribution in [0.5, 0.6) is 0 Å². The second-order valence-electron chi connectivity index (χ2n) is 6.59. The minimum Gasteiger partial charge on any atom is -0.389 e. The number of aromatic nitrogens is 2. The molecule has 0 fully saturated rings. The molecule has 0 saturated heterocycles. The number of aliphatic hydroxyl groups is 1. The third-order valence-corrected chi connectivity index (χ3v) is 3.83. The first kappa shape index (κ1) is 16.8. The first-order chi connectivity index (χ1) is 10.3. The average molecular weight is 305 g/mol. The van der Waals surface area contributed by atoms with Crippen LogP contribution in [0.2, 0.25) is 0 Å². The number of fused-ring (bicyclic) bond motifs is 1. The van der Waals surface area contributed by atoms with Crippen LogP contribution in [-0.4, -0.2) is 34.0 Å². The predicted octanol–water partition coefficient (Wildman–Crippen LogP) is 2.67. The number of hydrogen-bond acceptors (Lipinski definition) is 4. The quantitative estimate of drug-likeness (QED) is 0.771. The van der Waals surface area contributed by atoms with E-state index in [0.717, 1.165) is 36.9 Å². The highest BCUT2D eigenvalue weighted by atomic mass is 16.5. The van der Waals surface area contributed by atoms with E-state index in [1.807, 2.05) is 4.57 Å². The SMILES string of the molecule is COCCCCc1cc2nc(N)n(CC(C)(C)O)c2cc1C. The molecule has 0 aliphatic heterocycles. The highest BCUT2D eigenvalue weighted by Crippen LogP contribution is 2.25. The van der Waals surface area contributed by atoms with Crippen molar-refractivity contribution in [3.05, 3.63) is 23.3 Å². The van der Waals surface area contributed by atoms with E-state index in [0.29, 0.717) is 12.5 Å². The van der Waals surface area contributed by atoms with E-state index in [1.165, 1.54) is 11.1 Å². The molecule has 0 aliphatic rings. The number of nitrogen functional groups attached to an aromatic ring is 1. The van der Waals surface area contributed by atoms with Gasteiger partial charge in [0, 0.05) is 13.7 Å². The number of benzene rings is 1. The zero-order valence-corrected chi connectivity index (χ0v) is 14.0. The Balaban J connectivity index is 2.28. The molecular formula is C17H27N3O2. The zero-order valence-electron chi connectivity index (χ0n) is 14.0. The second-order valence-corrected chi connectivity index (χ2v) is 6.59. The van der Waals surface area contributed by atoms with Gasteiger partial charge in [-0.25, -0.2) is 4.98 Å². The number of hydrogen-bond donors (Lipinski definition) is 2. The fourth-order valence-corrected chi connectivity index (χ4v) is 2.72. The normalized spacial score (nSPS) is 12.2. The maximum absolute atomic E-state index is 10.0. The Bertz CT molecular complexity index is 641. The Morgan fingerprint density at radius 3 is 2.68 bits per heavy atom. The molecule has 2 aromatic rings. The molecule has 0 atom stereocenters. The molecule has 22 heavy (non-hydrogen) atoms. The Kier molecular flexibility index (Phi) is 5.08. The van der Waals surface area contributed by atoms with Crippen molar-refractivity contribution in [2.75, 3.05) is 19.5 Å². The molecular weight excluding hydrogens is 278 g/mol. The topological polar surface area (TPSA) is 73.3 Å². The molecule has 3 N–H and O–H groups in total. The zero-order chi connectivity index (χ0) is 16.3. The maximum Gasteiger partial charge on any atom is 0.201 e. The molecule has 0 radical (unpaired) electrons. The van der Waals surface area contributed by atoms with E-state index < -0.39 is 5.60 Å². The van der Waals surface area contributed by atoms with Gasteiger partial charge in [0.1, 0.15) is 0 Å². The van der Waals surface area contributed by atoms with Crippen molar-refractivity contribution in [2.45, 2.75) is 52.2 Å². The van der Waals surface area contributed by atoms with Gasteiger partial charge in [0.05, 0.1) is 23.2 Å². The third-order valence-electron chi connectivity index (χ3n) is 3.83. The van der Waals surface area contributed by atoms with Crippen LogP contribution in [0, 0.1) is 6.92 Å². The largest absolute Gasteiger partial charge is 0.389 e. The number of aryl methyl sites for hydroxylation is 2. The van der Waals surface area contributed by atoms with Crippen LogP contribution in [0.3, 0.4) is 0 Å². The molecule has 1 aromatic heterocycles. The molecule has 5 heteroatoms. The summed E-state index contributed by atoms with van der Waals surface area (Å²) in [6.45, 7) is 6.89. The van der Waals surface area contributed by atoms with Gasteiger partial charge in [0.2, 0.25) is 5.95 Å². The lowest BCUT2D eigenvalue weighted by Crippen LogP contribution is -2.26. The minimum absolute atomic E-state index is 0.432. The van der Waals surface area contributed by atoms with E-state index in [-0.39, 0.29) is 0 Å². The standard InChI is InChI=1S/C17H27N3O2/c1-12-9-15-14(10-13(12)7-5-6-8-22-4)19-16(18)20(15)11-17(2,3)21/h9-10,21H,5-8,11H2,1-4H3,(H2,18,19). The highest BCUT2D eigenvalue weighted by Gasteiger charge is 2.18. The van der Waals surface area contributed by atoms with Crippen molar-refractivity contribution < 1.29 is 9.84 Å². The van der Waals surface area contributed by atoms with Crippen LogP contribution in [-0.2, 0) is 17.7 Å². The molecule has 1 heterocycles. The monoisotopic (exact) mass is 305 g/mol. The number of anilines is 1. The Hall–Kier alpha value is -1.59. The summed E-state index contributed by atoms with van der Waals surface area (Å²) in [5, 5.41) is 10.0. The van der Waals surface area contributed by atoms with Gasteiger partial charge >= 0.3 is 0 Å². The molecule has 0 amide bonds. The number of imidazole rings is 1. The van der Waals surface area contributed by atoms with Crippen LogP contribution in [0.15, 0.2) is 12.1 Å². The summed E-state index contributed by atoms with van der Waals surface area (Å²) in [7, 11) is 1.73. The lowest BCUT2D eigenvalue weighted by atomic mass is 10.0. The summed E-state index contributed by atoms with van der Waals surface area (Å²) in [4.78, 5) is 4.45. The van der Waals surface area contributed by atoms with Crippen molar-refractivity contribution >= 4 is 17.0 Å². The Morgan fingerprint density at radius 2 is 2.05 bits per heavy atom.